The molecule has 0 aliphatic carbocycles. The molecule has 1 amide bonds. The fourth-order valence-corrected chi connectivity index (χ4v) is 2.38. The summed E-state index contributed by atoms with van der Waals surface area (Å²) >= 11 is 0. The third-order valence-corrected chi connectivity index (χ3v) is 3.45. The van der Waals surface area contributed by atoms with Gasteiger partial charge in [-0.3, -0.25) is 14.8 Å². The molecule has 0 aliphatic rings. The van der Waals surface area contributed by atoms with Crippen molar-refractivity contribution in [2.24, 2.45) is 7.05 Å². The molecule has 140 valence electrons. The number of nitro groups is 1. The van der Waals surface area contributed by atoms with Crippen molar-refractivity contribution in [1.29, 1.82) is 0 Å². The van der Waals surface area contributed by atoms with Crippen LogP contribution in [0.4, 0.5) is 14.9 Å². The van der Waals surface area contributed by atoms with Crippen molar-refractivity contribution in [1.82, 2.24) is 14.7 Å². The Labute approximate surface area is 150 Å². The molecular weight excluding hydrogens is 343 g/mol. The summed E-state index contributed by atoms with van der Waals surface area (Å²) in [5.41, 5.74) is -0.480. The molecule has 0 spiro atoms. The van der Waals surface area contributed by atoms with Crippen LogP contribution < -0.4 is 0 Å². The lowest BCUT2D eigenvalue weighted by molar-refractivity contribution is -0.387. The largest absolute Gasteiger partial charge is 0.444 e. The summed E-state index contributed by atoms with van der Waals surface area (Å²) in [5, 5.41) is 15.2. The molecule has 0 aliphatic heterocycles. The van der Waals surface area contributed by atoms with Crippen molar-refractivity contribution in [2.75, 3.05) is 7.05 Å². The van der Waals surface area contributed by atoms with E-state index in [1.54, 1.807) is 41.1 Å². The second-order valence-corrected chi connectivity index (χ2v) is 6.91. The summed E-state index contributed by atoms with van der Waals surface area (Å²) in [4.78, 5) is 23.7. The van der Waals surface area contributed by atoms with Crippen molar-refractivity contribution < 1.29 is 18.8 Å². The van der Waals surface area contributed by atoms with Crippen LogP contribution in [0, 0.1) is 15.9 Å². The Morgan fingerprint density at radius 1 is 1.42 bits per heavy atom. The Balaban J connectivity index is 2.36. The second kappa shape index (κ2) is 7.11. The first-order valence-corrected chi connectivity index (χ1v) is 7.89. The Bertz CT molecular complexity index is 842. The molecule has 0 radical (unpaired) electrons. The summed E-state index contributed by atoms with van der Waals surface area (Å²) in [6.07, 6.45) is 1.10. The van der Waals surface area contributed by atoms with Crippen molar-refractivity contribution in [3.8, 4) is 11.3 Å². The number of nitro benzene ring substituents is 1. The Morgan fingerprint density at radius 3 is 2.65 bits per heavy atom. The third kappa shape index (κ3) is 4.35. The molecule has 0 saturated heterocycles. The lowest BCUT2D eigenvalue weighted by atomic mass is 10.1. The van der Waals surface area contributed by atoms with Gasteiger partial charge in [-0.15, -0.1) is 0 Å². The van der Waals surface area contributed by atoms with E-state index in [1.165, 1.54) is 21.7 Å². The predicted octanol–water partition coefficient (Wildman–Crippen LogP) is 3.50. The van der Waals surface area contributed by atoms with Gasteiger partial charge in [-0.2, -0.15) is 9.49 Å². The molecule has 0 unspecified atom stereocenters. The number of hydrogen-bond acceptors (Lipinski definition) is 5. The minimum absolute atomic E-state index is 0.00684. The smallest absolute Gasteiger partial charge is 0.410 e. The first-order valence-electron chi connectivity index (χ1n) is 7.89. The molecule has 0 saturated carbocycles. The highest BCUT2D eigenvalue weighted by Gasteiger charge is 2.24. The van der Waals surface area contributed by atoms with Gasteiger partial charge in [0.25, 0.3) is 0 Å². The van der Waals surface area contributed by atoms with Gasteiger partial charge in [0, 0.05) is 37.5 Å². The van der Waals surface area contributed by atoms with E-state index in [4.69, 9.17) is 4.74 Å². The lowest BCUT2D eigenvalue weighted by Crippen LogP contribution is -2.33. The fourth-order valence-electron chi connectivity index (χ4n) is 2.38. The van der Waals surface area contributed by atoms with Gasteiger partial charge in [0.05, 0.1) is 11.5 Å². The minimum atomic E-state index is -0.961. The molecule has 2 aromatic rings. The summed E-state index contributed by atoms with van der Waals surface area (Å²) < 4.78 is 21.3. The number of aromatic nitrogens is 2. The first-order chi connectivity index (χ1) is 12.0. The number of halogens is 1. The normalized spacial score (nSPS) is 11.3. The summed E-state index contributed by atoms with van der Waals surface area (Å²) in [5.74, 6) is -0.961. The molecule has 1 aromatic carbocycles. The van der Waals surface area contributed by atoms with Gasteiger partial charge >= 0.3 is 11.8 Å². The number of ether oxygens (including phenoxy) is 1. The van der Waals surface area contributed by atoms with Crippen molar-refractivity contribution >= 4 is 11.8 Å². The van der Waals surface area contributed by atoms with Crippen LogP contribution in [0.1, 0.15) is 26.3 Å². The average molecular weight is 364 g/mol. The highest BCUT2D eigenvalue weighted by Crippen LogP contribution is 2.30. The predicted molar refractivity (Wildman–Crippen MR) is 93.0 cm³/mol. The topological polar surface area (TPSA) is 90.5 Å². The van der Waals surface area contributed by atoms with Crippen molar-refractivity contribution in [2.45, 2.75) is 32.9 Å². The zero-order valence-electron chi connectivity index (χ0n) is 15.3. The summed E-state index contributed by atoms with van der Waals surface area (Å²) in [6, 6.07) is 3.91. The van der Waals surface area contributed by atoms with E-state index in [-0.39, 0.29) is 17.8 Å². The molecule has 0 atom stereocenters. The Kier molecular flexibility index (Phi) is 5.29. The molecule has 2 rings (SSSR count). The fraction of sp³-hybridized carbons (Fsp3) is 0.412. The van der Waals surface area contributed by atoms with Crippen LogP contribution in [0.5, 0.6) is 0 Å². The van der Waals surface area contributed by atoms with Crippen LogP contribution in [0.25, 0.3) is 11.3 Å². The van der Waals surface area contributed by atoms with Crippen LogP contribution in [0.15, 0.2) is 24.4 Å². The summed E-state index contributed by atoms with van der Waals surface area (Å²) in [7, 11) is 3.20. The Morgan fingerprint density at radius 2 is 2.08 bits per heavy atom. The second-order valence-electron chi connectivity index (χ2n) is 6.91. The molecule has 26 heavy (non-hydrogen) atoms. The number of benzene rings is 1. The van der Waals surface area contributed by atoms with Crippen molar-refractivity contribution in [3.05, 3.63) is 45.9 Å². The molecular formula is C17H21FN4O4. The van der Waals surface area contributed by atoms with Gasteiger partial charge in [-0.25, -0.2) is 4.79 Å². The van der Waals surface area contributed by atoms with Crippen LogP contribution >= 0.6 is 0 Å². The van der Waals surface area contributed by atoms with Gasteiger partial charge in [0.15, 0.2) is 0 Å². The van der Waals surface area contributed by atoms with Gasteiger partial charge in [-0.1, -0.05) is 6.07 Å². The zero-order valence-corrected chi connectivity index (χ0v) is 15.3. The van der Waals surface area contributed by atoms with Gasteiger partial charge in [-0.05, 0) is 26.8 Å². The molecule has 0 bridgehead atoms. The van der Waals surface area contributed by atoms with Crippen LogP contribution in [-0.2, 0) is 18.3 Å². The first kappa shape index (κ1) is 19.4. The monoisotopic (exact) mass is 364 g/mol. The van der Waals surface area contributed by atoms with E-state index >= 15 is 0 Å². The van der Waals surface area contributed by atoms with Gasteiger partial charge < -0.3 is 9.64 Å². The minimum Gasteiger partial charge on any atom is -0.444 e. The van der Waals surface area contributed by atoms with Crippen LogP contribution in [0.2, 0.25) is 0 Å². The van der Waals surface area contributed by atoms with Gasteiger partial charge in [0.2, 0.25) is 5.82 Å². The zero-order chi connectivity index (χ0) is 19.6. The summed E-state index contributed by atoms with van der Waals surface area (Å²) in [6.45, 7) is 5.38. The number of rotatable bonds is 4. The molecule has 1 heterocycles. The lowest BCUT2D eigenvalue weighted by Gasteiger charge is -2.24. The number of hydrogen-bond donors (Lipinski definition) is 0. The van der Waals surface area contributed by atoms with E-state index in [9.17, 15) is 19.3 Å². The highest BCUT2D eigenvalue weighted by molar-refractivity contribution is 5.70. The van der Waals surface area contributed by atoms with Crippen molar-refractivity contribution in [3.63, 3.8) is 0 Å². The molecule has 8 nitrogen and oxygen atoms in total. The van der Waals surface area contributed by atoms with E-state index in [2.05, 4.69) is 5.10 Å². The van der Waals surface area contributed by atoms with E-state index < -0.39 is 28.1 Å². The van der Waals surface area contributed by atoms with Crippen LogP contribution in [-0.4, -0.2) is 38.3 Å². The number of carbonyl (C=O) groups is 1. The highest BCUT2D eigenvalue weighted by atomic mass is 19.1. The standard InChI is InChI=1S/C17H21FN4O4/c1-17(2,3)26-16(23)20(4)9-11-10-21(5)19-15(11)12-7-6-8-13(14(12)18)22(24)25/h6-8,10H,9H2,1-5H3. The SMILES string of the molecule is CN(Cc1cn(C)nc1-c1cccc([N+](=O)[O-])c1F)C(=O)OC(C)(C)C. The maximum Gasteiger partial charge on any atom is 0.410 e. The number of nitrogens with zero attached hydrogens (tertiary/aromatic N) is 4. The van der Waals surface area contributed by atoms with E-state index in [1.807, 2.05) is 0 Å². The van der Waals surface area contributed by atoms with E-state index in [0.29, 0.717) is 5.56 Å². The maximum atomic E-state index is 14.5. The maximum absolute atomic E-state index is 14.5. The Hall–Kier alpha value is -2.97. The quantitative estimate of drug-likeness (QED) is 0.612. The molecule has 9 heteroatoms. The molecule has 0 N–H and O–H groups in total. The van der Waals surface area contributed by atoms with E-state index in [0.717, 1.165) is 6.07 Å². The van der Waals surface area contributed by atoms with Crippen LogP contribution in [0.3, 0.4) is 0 Å². The third-order valence-electron chi connectivity index (χ3n) is 3.45. The number of aryl methyl sites for hydroxylation is 1. The number of carbonyl (C=O) groups excluding carboxylic acids is 1. The number of amides is 1. The molecule has 0 fully saturated rings. The van der Waals surface area contributed by atoms with Gasteiger partial charge in [0.1, 0.15) is 11.3 Å². The average Bonchev–Trinajstić information content (AvgIpc) is 2.85. The molecule has 1 aromatic heterocycles.